The Hall–Kier alpha value is -3.10. The molecule has 2 N–H and O–H groups in total. The minimum absolute atomic E-state index is 0.0340. The molecule has 214 valence electrons. The first-order valence-electron chi connectivity index (χ1n) is 13.8. The highest BCUT2D eigenvalue weighted by atomic mass is 16.6. The first-order chi connectivity index (χ1) is 18.0. The van der Waals surface area contributed by atoms with Crippen molar-refractivity contribution in [2.75, 3.05) is 26.2 Å². The lowest BCUT2D eigenvalue weighted by atomic mass is 10.0. The molecular formula is C29H47N3O6. The topological polar surface area (TPSA) is 114 Å². The number of rotatable bonds is 16. The molecule has 0 spiro atoms. The fourth-order valence-corrected chi connectivity index (χ4v) is 3.87. The molecule has 1 aromatic rings. The van der Waals surface area contributed by atoms with Gasteiger partial charge in [0.05, 0.1) is 13.0 Å². The van der Waals surface area contributed by atoms with Crippen molar-refractivity contribution < 1.29 is 28.7 Å². The first kappa shape index (κ1) is 32.9. The maximum atomic E-state index is 13.5. The van der Waals surface area contributed by atoms with Gasteiger partial charge < -0.3 is 25.0 Å². The van der Waals surface area contributed by atoms with Crippen LogP contribution in [0.5, 0.6) is 0 Å². The summed E-state index contributed by atoms with van der Waals surface area (Å²) < 4.78 is 10.2. The van der Waals surface area contributed by atoms with E-state index in [1.54, 1.807) is 27.7 Å². The highest BCUT2D eigenvalue weighted by Crippen LogP contribution is 2.23. The Kier molecular flexibility index (Phi) is 15.1. The van der Waals surface area contributed by atoms with Crippen LogP contribution >= 0.6 is 0 Å². The lowest BCUT2D eigenvalue weighted by molar-refractivity contribution is -0.143. The maximum absolute atomic E-state index is 13.5. The van der Waals surface area contributed by atoms with E-state index in [2.05, 4.69) is 17.6 Å². The second-order valence-electron chi connectivity index (χ2n) is 10.2. The van der Waals surface area contributed by atoms with Crippen LogP contribution in [0.15, 0.2) is 24.3 Å². The van der Waals surface area contributed by atoms with Gasteiger partial charge >= 0.3 is 12.1 Å². The average molecular weight is 534 g/mol. The fourth-order valence-electron chi connectivity index (χ4n) is 3.87. The smallest absolute Gasteiger partial charge is 0.408 e. The molecule has 0 aliphatic carbocycles. The van der Waals surface area contributed by atoms with E-state index in [0.717, 1.165) is 44.1 Å². The third-order valence-electron chi connectivity index (χ3n) is 5.80. The van der Waals surface area contributed by atoms with Gasteiger partial charge in [0.15, 0.2) is 0 Å². The van der Waals surface area contributed by atoms with Gasteiger partial charge in [0.1, 0.15) is 18.2 Å². The van der Waals surface area contributed by atoms with Crippen LogP contribution in [0.25, 0.3) is 0 Å². The van der Waals surface area contributed by atoms with Gasteiger partial charge in [-0.25, -0.2) is 4.79 Å². The Morgan fingerprint density at radius 1 is 0.921 bits per heavy atom. The van der Waals surface area contributed by atoms with E-state index >= 15 is 0 Å². The molecule has 0 aromatic heterocycles. The second-order valence-corrected chi connectivity index (χ2v) is 10.2. The van der Waals surface area contributed by atoms with Gasteiger partial charge in [-0.3, -0.25) is 14.4 Å². The third-order valence-corrected chi connectivity index (χ3v) is 5.80. The Morgan fingerprint density at radius 2 is 1.58 bits per heavy atom. The molecule has 0 aliphatic heterocycles. The Balaban J connectivity index is 3.17. The minimum atomic E-state index is -0.915. The number of nitrogens with zero attached hydrogens (tertiary/aromatic N) is 1. The second kappa shape index (κ2) is 17.4. The van der Waals surface area contributed by atoms with E-state index in [4.69, 9.17) is 9.47 Å². The predicted molar refractivity (Wildman–Crippen MR) is 148 cm³/mol. The molecule has 1 rings (SSSR count). The van der Waals surface area contributed by atoms with Gasteiger partial charge in [0.2, 0.25) is 11.8 Å². The van der Waals surface area contributed by atoms with Crippen LogP contribution in [0.2, 0.25) is 0 Å². The van der Waals surface area contributed by atoms with Crippen molar-refractivity contribution in [1.29, 1.82) is 0 Å². The zero-order valence-corrected chi connectivity index (χ0v) is 24.1. The van der Waals surface area contributed by atoms with Crippen LogP contribution in [0, 0.1) is 0 Å². The highest BCUT2D eigenvalue weighted by molar-refractivity contribution is 5.90. The number of aryl methyl sites for hydroxylation is 1. The van der Waals surface area contributed by atoms with Gasteiger partial charge in [0.25, 0.3) is 0 Å². The van der Waals surface area contributed by atoms with Gasteiger partial charge in [-0.1, -0.05) is 63.8 Å². The number of benzene rings is 1. The van der Waals surface area contributed by atoms with E-state index in [0.29, 0.717) is 12.1 Å². The maximum Gasteiger partial charge on any atom is 0.408 e. The van der Waals surface area contributed by atoms with Gasteiger partial charge in [-0.05, 0) is 51.7 Å². The monoisotopic (exact) mass is 533 g/mol. The summed E-state index contributed by atoms with van der Waals surface area (Å²) in [6, 6.07) is 6.68. The quantitative estimate of drug-likeness (QED) is 0.236. The molecular weight excluding hydrogens is 486 g/mol. The molecule has 0 fully saturated rings. The molecule has 1 unspecified atom stereocenters. The highest BCUT2D eigenvalue weighted by Gasteiger charge is 2.31. The number of hydrogen-bond donors (Lipinski definition) is 2. The van der Waals surface area contributed by atoms with Gasteiger partial charge in [-0.2, -0.15) is 0 Å². The van der Waals surface area contributed by atoms with Crippen LogP contribution in [-0.2, 0) is 30.3 Å². The first-order valence-corrected chi connectivity index (χ1v) is 13.8. The Morgan fingerprint density at radius 3 is 2.16 bits per heavy atom. The number of hydrogen-bond acceptors (Lipinski definition) is 6. The molecule has 38 heavy (non-hydrogen) atoms. The molecule has 0 radical (unpaired) electrons. The van der Waals surface area contributed by atoms with Crippen molar-refractivity contribution in [2.45, 2.75) is 98.1 Å². The number of carbonyl (C=O) groups excluding carboxylic acids is 4. The minimum Gasteiger partial charge on any atom is -0.466 e. The zero-order valence-electron chi connectivity index (χ0n) is 24.1. The molecule has 9 heteroatoms. The Bertz CT molecular complexity index is 879. The standard InChI is InChI=1S/C29H47N3O6/c1-7-10-11-12-13-20-32(24(33)21-31-28(36)38-29(4,5)6)26(23-16-14-22(8-2)15-17-23)27(35)30-19-18-25(34)37-9-3/h14-17,26H,7-13,18-21H2,1-6H3,(H,30,35)(H,31,36). The largest absolute Gasteiger partial charge is 0.466 e. The van der Waals surface area contributed by atoms with E-state index < -0.39 is 35.5 Å². The van der Waals surface area contributed by atoms with Crippen molar-refractivity contribution >= 4 is 23.9 Å². The number of unbranched alkanes of at least 4 members (excludes halogenated alkanes) is 4. The summed E-state index contributed by atoms with van der Waals surface area (Å²) in [6.07, 6.45) is 5.05. The van der Waals surface area contributed by atoms with E-state index in [1.807, 2.05) is 31.2 Å². The summed E-state index contributed by atoms with van der Waals surface area (Å²) in [6.45, 7) is 11.5. The zero-order chi connectivity index (χ0) is 28.6. The molecule has 0 bridgehead atoms. The molecule has 0 saturated heterocycles. The number of alkyl carbamates (subject to hydrolysis) is 1. The van der Waals surface area contributed by atoms with Gasteiger partial charge in [-0.15, -0.1) is 0 Å². The SMILES string of the molecule is CCCCCCCN(C(=O)CNC(=O)OC(C)(C)C)C(C(=O)NCCC(=O)OCC)c1ccc(CC)cc1. The van der Waals surface area contributed by atoms with Crippen molar-refractivity contribution in [1.82, 2.24) is 15.5 Å². The molecule has 0 heterocycles. The van der Waals surface area contributed by atoms with Crippen molar-refractivity contribution in [3.8, 4) is 0 Å². The van der Waals surface area contributed by atoms with Crippen molar-refractivity contribution in [3.05, 3.63) is 35.4 Å². The summed E-state index contributed by atoms with van der Waals surface area (Å²) in [5.41, 5.74) is 1.07. The van der Waals surface area contributed by atoms with E-state index in [-0.39, 0.29) is 26.1 Å². The third kappa shape index (κ3) is 12.9. The van der Waals surface area contributed by atoms with Gasteiger partial charge in [0, 0.05) is 13.1 Å². The molecule has 1 atom stereocenters. The summed E-state index contributed by atoms with van der Waals surface area (Å²) >= 11 is 0. The van der Waals surface area contributed by atoms with Crippen molar-refractivity contribution in [3.63, 3.8) is 0 Å². The van der Waals surface area contributed by atoms with E-state index in [1.165, 1.54) is 4.90 Å². The number of carbonyl (C=O) groups is 4. The Labute approximate surface area is 228 Å². The van der Waals surface area contributed by atoms with Crippen LogP contribution in [0.3, 0.4) is 0 Å². The van der Waals surface area contributed by atoms with Crippen molar-refractivity contribution in [2.24, 2.45) is 0 Å². The van der Waals surface area contributed by atoms with Crippen LogP contribution in [0.4, 0.5) is 4.79 Å². The normalized spacial score (nSPS) is 11.8. The molecule has 1 aromatic carbocycles. The summed E-state index contributed by atoms with van der Waals surface area (Å²) in [4.78, 5) is 52.4. The average Bonchev–Trinajstić information content (AvgIpc) is 2.85. The summed E-state index contributed by atoms with van der Waals surface area (Å²) in [5, 5.41) is 5.32. The molecule has 0 saturated carbocycles. The molecule has 3 amide bonds. The van der Waals surface area contributed by atoms with Crippen LogP contribution in [0.1, 0.15) is 97.2 Å². The summed E-state index contributed by atoms with van der Waals surface area (Å²) in [5.74, 6) is -1.18. The predicted octanol–water partition coefficient (Wildman–Crippen LogP) is 4.68. The van der Waals surface area contributed by atoms with Crippen LogP contribution < -0.4 is 10.6 Å². The number of amides is 3. The van der Waals surface area contributed by atoms with E-state index in [9.17, 15) is 19.2 Å². The van der Waals surface area contributed by atoms with Crippen LogP contribution in [-0.4, -0.2) is 60.6 Å². The fraction of sp³-hybridized carbons (Fsp3) is 0.655. The lowest BCUT2D eigenvalue weighted by Gasteiger charge is -2.32. The number of ether oxygens (including phenoxy) is 2. The molecule has 0 aliphatic rings. The molecule has 9 nitrogen and oxygen atoms in total. The summed E-state index contributed by atoms with van der Waals surface area (Å²) in [7, 11) is 0. The number of nitrogens with one attached hydrogen (secondary N) is 2. The lowest BCUT2D eigenvalue weighted by Crippen LogP contribution is -2.48. The number of esters is 1.